The van der Waals surface area contributed by atoms with E-state index in [9.17, 15) is 18.0 Å². The van der Waals surface area contributed by atoms with E-state index in [1.165, 1.54) is 17.0 Å². The Morgan fingerprint density at radius 3 is 2.20 bits per heavy atom. The number of ether oxygens (including phenoxy) is 1. The molecule has 0 bridgehead atoms. The number of benzene rings is 3. The van der Waals surface area contributed by atoms with E-state index in [2.05, 4.69) is 5.32 Å². The molecule has 0 saturated heterocycles. The summed E-state index contributed by atoms with van der Waals surface area (Å²) in [4.78, 5) is 29.1. The molecule has 1 unspecified atom stereocenters. The number of rotatable bonds is 11. The molecule has 0 saturated carbocycles. The number of methoxy groups -OCH3 is 1. The highest BCUT2D eigenvalue weighted by Crippen LogP contribution is 2.27. The van der Waals surface area contributed by atoms with Gasteiger partial charge in [0.2, 0.25) is 11.8 Å². The number of aryl methyl sites for hydroxylation is 1. The molecule has 1 atom stereocenters. The number of hydrogen-bond donors (Lipinski definition) is 1. The predicted molar refractivity (Wildman–Crippen MR) is 158 cm³/mol. The molecule has 0 aliphatic rings. The lowest BCUT2D eigenvalue weighted by Crippen LogP contribution is -2.55. The second kappa shape index (κ2) is 13.0. The second-order valence-electron chi connectivity index (χ2n) is 10.6. The summed E-state index contributed by atoms with van der Waals surface area (Å²) < 4.78 is 34.3. The van der Waals surface area contributed by atoms with Crippen molar-refractivity contribution < 1.29 is 22.7 Å². The van der Waals surface area contributed by atoms with E-state index in [4.69, 9.17) is 4.74 Å². The van der Waals surface area contributed by atoms with Crippen molar-refractivity contribution in [1.29, 1.82) is 0 Å². The lowest BCUT2D eigenvalue weighted by atomic mass is 10.1. The summed E-state index contributed by atoms with van der Waals surface area (Å²) in [6.45, 7) is 8.87. The summed E-state index contributed by atoms with van der Waals surface area (Å²) in [5.41, 5.74) is 1.34. The van der Waals surface area contributed by atoms with Gasteiger partial charge in [0, 0.05) is 12.1 Å². The minimum Gasteiger partial charge on any atom is -0.497 e. The zero-order valence-corrected chi connectivity index (χ0v) is 24.9. The number of anilines is 1. The van der Waals surface area contributed by atoms with Crippen molar-refractivity contribution in [3.63, 3.8) is 0 Å². The van der Waals surface area contributed by atoms with Gasteiger partial charge in [0.25, 0.3) is 10.0 Å². The zero-order valence-electron chi connectivity index (χ0n) is 24.0. The van der Waals surface area contributed by atoms with E-state index < -0.39 is 34.1 Å². The van der Waals surface area contributed by atoms with Crippen molar-refractivity contribution >= 4 is 27.5 Å². The van der Waals surface area contributed by atoms with Crippen LogP contribution in [-0.4, -0.2) is 50.4 Å². The maximum absolute atomic E-state index is 14.2. The van der Waals surface area contributed by atoms with Crippen molar-refractivity contribution in [2.45, 2.75) is 64.1 Å². The largest absolute Gasteiger partial charge is 0.497 e. The van der Waals surface area contributed by atoms with Gasteiger partial charge in [-0.25, -0.2) is 8.42 Å². The first kappa shape index (κ1) is 30.7. The van der Waals surface area contributed by atoms with E-state index in [1.807, 2.05) is 45.9 Å². The monoisotopic (exact) mass is 565 g/mol. The van der Waals surface area contributed by atoms with Crippen molar-refractivity contribution in [2.24, 2.45) is 0 Å². The van der Waals surface area contributed by atoms with Gasteiger partial charge < -0.3 is 15.0 Å². The highest BCUT2D eigenvalue weighted by Gasteiger charge is 2.35. The second-order valence-corrected chi connectivity index (χ2v) is 12.5. The van der Waals surface area contributed by atoms with E-state index >= 15 is 0 Å². The minimum absolute atomic E-state index is 0.0721. The van der Waals surface area contributed by atoms with Crippen molar-refractivity contribution in [3.05, 3.63) is 90.0 Å². The van der Waals surface area contributed by atoms with Gasteiger partial charge in [0.15, 0.2) is 0 Å². The first-order valence-corrected chi connectivity index (χ1v) is 14.7. The van der Waals surface area contributed by atoms with Crippen LogP contribution in [0.1, 0.15) is 45.2 Å². The van der Waals surface area contributed by atoms with Crippen LogP contribution in [-0.2, 0) is 26.2 Å². The third-order valence-corrected chi connectivity index (χ3v) is 8.14. The number of amides is 2. The topological polar surface area (TPSA) is 96.0 Å². The molecule has 2 amide bonds. The molecular formula is C31H39N3O5S. The molecule has 0 aliphatic carbocycles. The van der Waals surface area contributed by atoms with E-state index in [1.54, 1.807) is 62.6 Å². The molecule has 40 heavy (non-hydrogen) atoms. The summed E-state index contributed by atoms with van der Waals surface area (Å²) in [7, 11) is -2.55. The van der Waals surface area contributed by atoms with E-state index in [0.717, 1.165) is 9.87 Å². The molecule has 0 radical (unpaired) electrons. The molecule has 0 spiro atoms. The predicted octanol–water partition coefficient (Wildman–Crippen LogP) is 4.92. The SMILES string of the molecule is CCC(C(=O)NC(C)(C)C)N(Cc1cccc(OC)c1)C(=O)CN(c1ccccc1C)S(=O)(=O)c1ccccc1. The van der Waals surface area contributed by atoms with Crippen LogP contribution < -0.4 is 14.4 Å². The minimum atomic E-state index is -4.10. The lowest BCUT2D eigenvalue weighted by molar-refractivity contribution is -0.141. The quantitative estimate of drug-likeness (QED) is 0.356. The van der Waals surface area contributed by atoms with Gasteiger partial charge in [0.05, 0.1) is 17.7 Å². The Balaban J connectivity index is 2.08. The van der Waals surface area contributed by atoms with Crippen LogP contribution in [0.2, 0.25) is 0 Å². The maximum atomic E-state index is 14.2. The fraction of sp³-hybridized carbons (Fsp3) is 0.355. The lowest BCUT2D eigenvalue weighted by Gasteiger charge is -2.35. The number of nitrogens with one attached hydrogen (secondary N) is 1. The number of carbonyl (C=O) groups excluding carboxylic acids is 2. The Bertz CT molecular complexity index is 1420. The Labute approximate surface area is 238 Å². The average Bonchev–Trinajstić information content (AvgIpc) is 2.91. The van der Waals surface area contributed by atoms with Crippen molar-refractivity contribution in [2.75, 3.05) is 18.0 Å². The standard InChI is InChI=1S/C31H39N3O5S/c1-7-27(30(36)32-31(3,4)5)33(21-24-15-13-16-25(20-24)39-6)29(35)22-34(28-19-12-11-14-23(28)2)40(37,38)26-17-9-8-10-18-26/h8-20,27H,7,21-22H2,1-6H3,(H,32,36). The van der Waals surface area contributed by atoms with Crippen LogP contribution in [0, 0.1) is 6.92 Å². The third-order valence-electron chi connectivity index (χ3n) is 6.37. The van der Waals surface area contributed by atoms with E-state index in [0.29, 0.717) is 23.4 Å². The molecule has 0 heterocycles. The van der Waals surface area contributed by atoms with Crippen molar-refractivity contribution in [1.82, 2.24) is 10.2 Å². The van der Waals surface area contributed by atoms with Crippen LogP contribution in [0.15, 0.2) is 83.8 Å². The number of sulfonamides is 1. The Morgan fingerprint density at radius 2 is 1.60 bits per heavy atom. The van der Waals surface area contributed by atoms with Gasteiger partial charge in [-0.15, -0.1) is 0 Å². The fourth-order valence-electron chi connectivity index (χ4n) is 4.42. The smallest absolute Gasteiger partial charge is 0.264 e. The Morgan fingerprint density at radius 1 is 0.950 bits per heavy atom. The zero-order chi connectivity index (χ0) is 29.5. The first-order chi connectivity index (χ1) is 18.9. The summed E-state index contributed by atoms with van der Waals surface area (Å²) in [6.07, 6.45) is 0.341. The number of hydrogen-bond acceptors (Lipinski definition) is 5. The molecule has 214 valence electrons. The van der Waals surface area contributed by atoms with Crippen LogP contribution in [0.4, 0.5) is 5.69 Å². The van der Waals surface area contributed by atoms with E-state index in [-0.39, 0.29) is 17.3 Å². The van der Waals surface area contributed by atoms with Crippen LogP contribution in [0.5, 0.6) is 5.75 Å². The van der Waals surface area contributed by atoms with Gasteiger partial charge in [0.1, 0.15) is 18.3 Å². The highest BCUT2D eigenvalue weighted by atomic mass is 32.2. The first-order valence-electron chi connectivity index (χ1n) is 13.2. The summed E-state index contributed by atoms with van der Waals surface area (Å²) in [6, 6.07) is 21.5. The van der Waals surface area contributed by atoms with Gasteiger partial charge in [-0.1, -0.05) is 55.5 Å². The van der Waals surface area contributed by atoms with Crippen LogP contribution in [0.25, 0.3) is 0 Å². The molecule has 1 N–H and O–H groups in total. The molecule has 3 rings (SSSR count). The Hall–Kier alpha value is -3.85. The van der Waals surface area contributed by atoms with Crippen molar-refractivity contribution in [3.8, 4) is 5.75 Å². The molecule has 0 aliphatic heterocycles. The molecule has 8 nitrogen and oxygen atoms in total. The highest BCUT2D eigenvalue weighted by molar-refractivity contribution is 7.92. The molecular weight excluding hydrogens is 526 g/mol. The molecule has 9 heteroatoms. The van der Waals surface area contributed by atoms with Gasteiger partial charge in [-0.2, -0.15) is 0 Å². The summed E-state index contributed by atoms with van der Waals surface area (Å²) in [5.74, 6) is -0.189. The molecule has 0 aromatic heterocycles. The summed E-state index contributed by atoms with van der Waals surface area (Å²) in [5, 5.41) is 2.97. The van der Waals surface area contributed by atoms with Crippen LogP contribution in [0.3, 0.4) is 0 Å². The summed E-state index contributed by atoms with van der Waals surface area (Å²) >= 11 is 0. The normalized spacial score (nSPS) is 12.3. The number of para-hydroxylation sites is 1. The Kier molecular flexibility index (Phi) is 9.98. The van der Waals surface area contributed by atoms with Gasteiger partial charge >= 0.3 is 0 Å². The molecule has 0 fully saturated rings. The molecule has 3 aromatic rings. The van der Waals surface area contributed by atoms with Gasteiger partial charge in [-0.3, -0.25) is 13.9 Å². The number of nitrogens with zero attached hydrogens (tertiary/aromatic N) is 2. The van der Waals surface area contributed by atoms with Gasteiger partial charge in [-0.05, 0) is 75.6 Å². The fourth-order valence-corrected chi connectivity index (χ4v) is 5.92. The van der Waals surface area contributed by atoms with Crippen LogP contribution >= 0.6 is 0 Å². The maximum Gasteiger partial charge on any atom is 0.264 e. The average molecular weight is 566 g/mol. The third kappa shape index (κ3) is 7.63. The number of carbonyl (C=O) groups is 2. The molecule has 3 aromatic carbocycles.